The Morgan fingerprint density at radius 2 is 1.90 bits per heavy atom. The maximum absolute atomic E-state index is 12.7. The molecule has 0 aliphatic carbocycles. The molecule has 1 aliphatic heterocycles. The van der Waals surface area contributed by atoms with Crippen LogP contribution in [-0.2, 0) is 31.4 Å². The minimum atomic E-state index is -5.08. The van der Waals surface area contributed by atoms with Crippen LogP contribution in [0.5, 0.6) is 0 Å². The van der Waals surface area contributed by atoms with Gasteiger partial charge in [-0.2, -0.15) is 18.3 Å². The van der Waals surface area contributed by atoms with Gasteiger partial charge in [0.15, 0.2) is 0 Å². The van der Waals surface area contributed by atoms with Gasteiger partial charge in [-0.1, -0.05) is 17.7 Å². The van der Waals surface area contributed by atoms with Gasteiger partial charge in [-0.05, 0) is 39.6 Å². The second-order valence-corrected chi connectivity index (χ2v) is 7.38. The first-order chi connectivity index (χ1) is 13.9. The number of aryl methyl sites for hydroxylation is 2. The van der Waals surface area contributed by atoms with E-state index in [1.807, 2.05) is 47.8 Å². The van der Waals surface area contributed by atoms with Crippen LogP contribution in [0.1, 0.15) is 32.9 Å². The average molecular weight is 426 g/mol. The van der Waals surface area contributed by atoms with Crippen molar-refractivity contribution in [1.82, 2.24) is 19.6 Å². The predicted octanol–water partition coefficient (Wildman–Crippen LogP) is 2.62. The number of halogens is 3. The van der Waals surface area contributed by atoms with Crippen molar-refractivity contribution in [1.29, 1.82) is 0 Å². The van der Waals surface area contributed by atoms with E-state index in [0.717, 1.165) is 42.0 Å². The van der Waals surface area contributed by atoms with Gasteiger partial charge in [0.2, 0.25) is 0 Å². The molecule has 1 aromatic heterocycles. The second kappa shape index (κ2) is 9.29. The van der Waals surface area contributed by atoms with E-state index in [4.69, 9.17) is 9.90 Å². The summed E-state index contributed by atoms with van der Waals surface area (Å²) < 4.78 is 33.7. The monoisotopic (exact) mass is 426 g/mol. The molecule has 0 saturated heterocycles. The van der Waals surface area contributed by atoms with Crippen LogP contribution in [0.15, 0.2) is 24.3 Å². The molecule has 3 rings (SSSR count). The fraction of sp³-hybridized carbons (Fsp3) is 0.450. The number of aliphatic carboxylic acids is 1. The molecule has 0 atom stereocenters. The number of rotatable bonds is 3. The largest absolute Gasteiger partial charge is 0.490 e. The summed E-state index contributed by atoms with van der Waals surface area (Å²) in [4.78, 5) is 25.7. The smallest absolute Gasteiger partial charge is 0.475 e. The number of hydrogen-bond acceptors (Lipinski definition) is 4. The summed E-state index contributed by atoms with van der Waals surface area (Å²) in [5.74, 6) is -2.65. The van der Waals surface area contributed by atoms with Crippen molar-refractivity contribution in [3.63, 3.8) is 0 Å². The molecule has 0 unspecified atom stereocenters. The van der Waals surface area contributed by atoms with E-state index >= 15 is 0 Å². The van der Waals surface area contributed by atoms with Crippen molar-refractivity contribution in [3.05, 3.63) is 52.3 Å². The first-order valence-electron chi connectivity index (χ1n) is 9.24. The Bertz CT molecular complexity index is 923. The predicted molar refractivity (Wildman–Crippen MR) is 104 cm³/mol. The molecule has 1 aliphatic rings. The molecule has 0 radical (unpaired) electrons. The average Bonchev–Trinajstić information content (AvgIpc) is 2.95. The number of alkyl halides is 3. The lowest BCUT2D eigenvalue weighted by atomic mass is 10.0. The summed E-state index contributed by atoms with van der Waals surface area (Å²) in [5, 5.41) is 11.8. The molecule has 164 valence electrons. The van der Waals surface area contributed by atoms with Gasteiger partial charge in [-0.15, -0.1) is 0 Å². The Kier molecular flexibility index (Phi) is 7.25. The van der Waals surface area contributed by atoms with Crippen molar-refractivity contribution in [3.8, 4) is 0 Å². The van der Waals surface area contributed by atoms with Crippen LogP contribution in [0.25, 0.3) is 0 Å². The van der Waals surface area contributed by atoms with Crippen molar-refractivity contribution < 1.29 is 27.9 Å². The third kappa shape index (κ3) is 5.82. The maximum Gasteiger partial charge on any atom is 0.490 e. The molecule has 0 spiro atoms. The van der Waals surface area contributed by atoms with Crippen molar-refractivity contribution in [2.45, 2.75) is 32.6 Å². The fourth-order valence-electron chi connectivity index (χ4n) is 3.22. The lowest BCUT2D eigenvalue weighted by Crippen LogP contribution is -2.36. The Balaban J connectivity index is 0.000000396. The number of nitrogens with zero attached hydrogens (tertiary/aromatic N) is 4. The summed E-state index contributed by atoms with van der Waals surface area (Å²) in [6, 6.07) is 7.81. The van der Waals surface area contributed by atoms with Crippen molar-refractivity contribution in [2.24, 2.45) is 7.05 Å². The summed E-state index contributed by atoms with van der Waals surface area (Å²) >= 11 is 0. The molecule has 1 N–H and O–H groups in total. The van der Waals surface area contributed by atoms with E-state index in [-0.39, 0.29) is 5.91 Å². The van der Waals surface area contributed by atoms with Gasteiger partial charge < -0.3 is 14.9 Å². The first-order valence-corrected chi connectivity index (χ1v) is 9.24. The van der Waals surface area contributed by atoms with Gasteiger partial charge in [0.1, 0.15) is 0 Å². The van der Waals surface area contributed by atoms with Gasteiger partial charge in [0, 0.05) is 31.3 Å². The Hall–Kier alpha value is -2.88. The zero-order valence-corrected chi connectivity index (χ0v) is 17.3. The van der Waals surface area contributed by atoms with Gasteiger partial charge in [0.25, 0.3) is 5.91 Å². The molecule has 30 heavy (non-hydrogen) atoms. The molecule has 2 heterocycles. The minimum absolute atomic E-state index is 0.106. The lowest BCUT2D eigenvalue weighted by molar-refractivity contribution is -0.192. The zero-order valence-electron chi connectivity index (χ0n) is 17.3. The molecule has 1 amide bonds. The van der Waals surface area contributed by atoms with Crippen molar-refractivity contribution in [2.75, 3.05) is 20.6 Å². The van der Waals surface area contributed by atoms with Crippen LogP contribution in [0.3, 0.4) is 0 Å². The number of carbonyl (C=O) groups excluding carboxylic acids is 1. The molecule has 2 aromatic rings. The van der Waals surface area contributed by atoms with Gasteiger partial charge in [-0.3, -0.25) is 9.48 Å². The lowest BCUT2D eigenvalue weighted by Gasteiger charge is -2.28. The number of carboxylic acid groups (broad SMARTS) is 1. The summed E-state index contributed by atoms with van der Waals surface area (Å²) in [6.07, 6.45) is -4.20. The number of hydrogen-bond donors (Lipinski definition) is 1. The Morgan fingerprint density at radius 1 is 1.27 bits per heavy atom. The van der Waals surface area contributed by atoms with E-state index in [9.17, 15) is 18.0 Å². The molecule has 0 bridgehead atoms. The molecular weight excluding hydrogens is 401 g/mol. The number of carbonyl (C=O) groups is 2. The highest BCUT2D eigenvalue weighted by atomic mass is 19.4. The van der Waals surface area contributed by atoms with Gasteiger partial charge >= 0.3 is 12.1 Å². The van der Waals surface area contributed by atoms with Crippen LogP contribution in [-0.4, -0.2) is 63.4 Å². The molecular formula is C20H25F3N4O3. The SMILES string of the molecule is Cc1cccc(C(=O)N2CCc3c(CN(C)C)nn(C)c3C2)c1.O=C(O)C(F)(F)F. The highest BCUT2D eigenvalue weighted by molar-refractivity contribution is 5.94. The number of amides is 1. The van der Waals surface area contributed by atoms with Crippen LogP contribution in [0.2, 0.25) is 0 Å². The summed E-state index contributed by atoms with van der Waals surface area (Å²) in [6.45, 7) is 4.25. The standard InChI is InChI=1S/C18H24N4O.C2HF3O2/c1-13-6-5-7-14(10-13)18(23)22-9-8-15-16(11-20(2)3)19-21(4)17(15)12-22;3-2(4,5)1(6)7/h5-7,10H,8-9,11-12H2,1-4H3;(H,6,7). The third-order valence-electron chi connectivity index (χ3n) is 4.59. The van der Waals surface area contributed by atoms with E-state index in [1.54, 1.807) is 0 Å². The number of fused-ring (bicyclic) bond motifs is 1. The first kappa shape index (κ1) is 23.4. The van der Waals surface area contributed by atoms with Crippen LogP contribution in [0.4, 0.5) is 13.2 Å². The molecule has 0 fully saturated rings. The summed E-state index contributed by atoms with van der Waals surface area (Å²) in [7, 11) is 6.08. The molecule has 1 aromatic carbocycles. The number of carboxylic acids is 1. The van der Waals surface area contributed by atoms with Gasteiger partial charge in [-0.25, -0.2) is 4.79 Å². The topological polar surface area (TPSA) is 78.7 Å². The van der Waals surface area contributed by atoms with Crippen LogP contribution in [0, 0.1) is 6.92 Å². The highest BCUT2D eigenvalue weighted by Crippen LogP contribution is 2.24. The number of aromatic nitrogens is 2. The van der Waals surface area contributed by atoms with E-state index in [0.29, 0.717) is 6.54 Å². The zero-order chi connectivity index (χ0) is 22.6. The van der Waals surface area contributed by atoms with Crippen LogP contribution >= 0.6 is 0 Å². The number of benzene rings is 1. The molecule has 10 heteroatoms. The summed E-state index contributed by atoms with van der Waals surface area (Å²) in [5.41, 5.74) is 5.49. The highest BCUT2D eigenvalue weighted by Gasteiger charge is 2.38. The molecule has 7 nitrogen and oxygen atoms in total. The second-order valence-electron chi connectivity index (χ2n) is 7.38. The Morgan fingerprint density at radius 3 is 2.43 bits per heavy atom. The quantitative estimate of drug-likeness (QED) is 0.817. The van der Waals surface area contributed by atoms with Crippen LogP contribution < -0.4 is 0 Å². The fourth-order valence-corrected chi connectivity index (χ4v) is 3.22. The Labute approximate surface area is 172 Å². The van der Waals surface area contributed by atoms with Gasteiger partial charge in [0.05, 0.1) is 17.9 Å². The normalized spacial score (nSPS) is 13.5. The third-order valence-corrected chi connectivity index (χ3v) is 4.59. The maximum atomic E-state index is 12.7. The minimum Gasteiger partial charge on any atom is -0.475 e. The van der Waals surface area contributed by atoms with E-state index in [2.05, 4.69) is 24.1 Å². The van der Waals surface area contributed by atoms with Crippen molar-refractivity contribution >= 4 is 11.9 Å². The molecule has 0 saturated carbocycles. The van der Waals surface area contributed by atoms with E-state index in [1.165, 1.54) is 5.56 Å². The van der Waals surface area contributed by atoms with E-state index < -0.39 is 12.1 Å².